The summed E-state index contributed by atoms with van der Waals surface area (Å²) in [6, 6.07) is 2.61. The van der Waals surface area contributed by atoms with Gasteiger partial charge >= 0.3 is 68.9 Å². The summed E-state index contributed by atoms with van der Waals surface area (Å²) in [5, 5.41) is 10.1. The molecular formula is C6H4CsNO3. The van der Waals surface area contributed by atoms with E-state index in [1.54, 1.807) is 0 Å². The molecule has 0 bridgehead atoms. The Balaban J connectivity index is 0.000001000. The normalized spacial score (nSPS) is 8.36. The fourth-order valence-corrected chi connectivity index (χ4v) is 0.582. The summed E-state index contributed by atoms with van der Waals surface area (Å²) in [7, 11) is 0. The van der Waals surface area contributed by atoms with E-state index in [1.165, 1.54) is 18.3 Å². The second kappa shape index (κ2) is 5.18. The maximum absolute atomic E-state index is 10.6. The first kappa shape index (κ1) is 11.5. The van der Waals surface area contributed by atoms with Gasteiger partial charge in [0.1, 0.15) is 0 Å². The van der Waals surface area contributed by atoms with E-state index < -0.39 is 11.5 Å². The molecule has 0 fully saturated rings. The largest absolute Gasteiger partial charge is 1.00 e. The molecule has 52 valence electrons. The van der Waals surface area contributed by atoms with Gasteiger partial charge in [-0.05, 0) is 12.1 Å². The van der Waals surface area contributed by atoms with E-state index >= 15 is 0 Å². The number of carbonyl (C=O) groups excluding carboxylic acids is 1. The molecule has 0 aliphatic rings. The summed E-state index contributed by atoms with van der Waals surface area (Å²) in [6.45, 7) is 0. The van der Waals surface area contributed by atoms with Crippen molar-refractivity contribution in [2.75, 3.05) is 0 Å². The van der Waals surface area contributed by atoms with Gasteiger partial charge in [0.2, 0.25) is 0 Å². The van der Waals surface area contributed by atoms with E-state index in [9.17, 15) is 14.7 Å². The number of carboxylic acids is 1. The van der Waals surface area contributed by atoms with Crippen LogP contribution in [0, 0.1) is 0 Å². The molecule has 1 N–H and O–H groups in total. The van der Waals surface area contributed by atoms with Gasteiger partial charge < -0.3 is 14.9 Å². The van der Waals surface area contributed by atoms with Crippen LogP contribution in [0.5, 0.6) is 0 Å². The third kappa shape index (κ3) is 3.14. The fraction of sp³-hybridized carbons (Fsp3) is 0. The fourth-order valence-electron chi connectivity index (χ4n) is 0.582. The summed E-state index contributed by atoms with van der Waals surface area (Å²) in [4.78, 5) is 22.9. The molecule has 1 aromatic heterocycles. The SMILES string of the molecule is O=C([O-])c1ccc[nH]c1=O.[Cs+]. The Bertz CT molecular complexity index is 307. The van der Waals surface area contributed by atoms with Crippen molar-refractivity contribution in [3.8, 4) is 0 Å². The number of aromatic amines is 1. The molecule has 0 amide bonds. The van der Waals surface area contributed by atoms with E-state index in [4.69, 9.17) is 0 Å². The molecule has 1 aromatic rings. The number of pyridine rings is 1. The molecule has 0 atom stereocenters. The van der Waals surface area contributed by atoms with Gasteiger partial charge in [-0.1, -0.05) is 0 Å². The first-order chi connectivity index (χ1) is 4.72. The van der Waals surface area contributed by atoms with Gasteiger partial charge in [0.15, 0.2) is 0 Å². The summed E-state index contributed by atoms with van der Waals surface area (Å²) in [5.41, 5.74) is -0.981. The minimum absolute atomic E-state index is 0. The van der Waals surface area contributed by atoms with Gasteiger partial charge in [-0.2, -0.15) is 0 Å². The van der Waals surface area contributed by atoms with Crippen molar-refractivity contribution in [1.82, 2.24) is 4.98 Å². The number of H-pyrrole nitrogens is 1. The summed E-state index contributed by atoms with van der Waals surface area (Å²) >= 11 is 0. The van der Waals surface area contributed by atoms with Crippen molar-refractivity contribution in [1.29, 1.82) is 0 Å². The van der Waals surface area contributed by atoms with Crippen LogP contribution in [0.3, 0.4) is 0 Å². The van der Waals surface area contributed by atoms with Crippen molar-refractivity contribution in [3.63, 3.8) is 0 Å². The molecule has 0 unspecified atom stereocenters. The van der Waals surface area contributed by atoms with Gasteiger partial charge in [0, 0.05) is 6.20 Å². The molecule has 1 heterocycles. The number of rotatable bonds is 1. The molecule has 0 spiro atoms. The number of hydrogen-bond donors (Lipinski definition) is 1. The predicted octanol–water partition coefficient (Wildman–Crippen LogP) is -4.26. The quantitative estimate of drug-likeness (QED) is 0.562. The Morgan fingerprint density at radius 3 is 2.55 bits per heavy atom. The standard InChI is InChI=1S/C6H5NO3.Cs/c8-5-4(6(9)10)2-1-3-7-5;/h1-3H,(H,7,8)(H,9,10);/q;+1/p-1. The number of nitrogens with one attached hydrogen (secondary N) is 1. The van der Waals surface area contributed by atoms with Crippen LogP contribution in [0.25, 0.3) is 0 Å². The molecule has 5 heteroatoms. The molecule has 0 saturated carbocycles. The third-order valence-corrected chi connectivity index (χ3v) is 1.04. The number of carboxylic acid groups (broad SMARTS) is 1. The average Bonchev–Trinajstić information content (AvgIpc) is 1.88. The minimum Gasteiger partial charge on any atom is -0.545 e. The summed E-state index contributed by atoms with van der Waals surface area (Å²) in [6.07, 6.45) is 1.36. The Labute approximate surface area is 121 Å². The Kier molecular flexibility index (Phi) is 5.40. The average molecular weight is 271 g/mol. The Morgan fingerprint density at radius 1 is 1.55 bits per heavy atom. The molecule has 11 heavy (non-hydrogen) atoms. The smallest absolute Gasteiger partial charge is 0.545 e. The van der Waals surface area contributed by atoms with Crippen LogP contribution >= 0.6 is 0 Å². The maximum atomic E-state index is 10.6. The van der Waals surface area contributed by atoms with E-state index in [-0.39, 0.29) is 74.5 Å². The van der Waals surface area contributed by atoms with Crippen LogP contribution in [0.1, 0.15) is 10.4 Å². The molecule has 0 aliphatic heterocycles. The van der Waals surface area contributed by atoms with Crippen molar-refractivity contribution >= 4 is 5.97 Å². The third-order valence-electron chi connectivity index (χ3n) is 1.04. The van der Waals surface area contributed by atoms with Crippen LogP contribution in [0.2, 0.25) is 0 Å². The van der Waals surface area contributed by atoms with Crippen LogP contribution in [-0.2, 0) is 0 Å². The molecule has 1 rings (SSSR count). The second-order valence-electron chi connectivity index (χ2n) is 1.70. The number of aromatic nitrogens is 1. The number of carbonyl (C=O) groups is 1. The molecule has 4 nitrogen and oxygen atoms in total. The summed E-state index contributed by atoms with van der Waals surface area (Å²) < 4.78 is 0. The Morgan fingerprint density at radius 2 is 2.18 bits per heavy atom. The minimum atomic E-state index is -1.46. The van der Waals surface area contributed by atoms with Crippen molar-refractivity contribution < 1.29 is 78.8 Å². The zero-order chi connectivity index (χ0) is 7.56. The van der Waals surface area contributed by atoms with Gasteiger partial charge in [-0.15, -0.1) is 0 Å². The van der Waals surface area contributed by atoms with Crippen molar-refractivity contribution in [2.24, 2.45) is 0 Å². The zero-order valence-electron chi connectivity index (χ0n) is 5.96. The topological polar surface area (TPSA) is 73.0 Å². The van der Waals surface area contributed by atoms with Gasteiger partial charge in [-0.3, -0.25) is 4.79 Å². The second-order valence-corrected chi connectivity index (χ2v) is 1.70. The van der Waals surface area contributed by atoms with Crippen molar-refractivity contribution in [2.45, 2.75) is 0 Å². The van der Waals surface area contributed by atoms with Gasteiger partial charge in [0.05, 0.1) is 11.5 Å². The zero-order valence-corrected chi connectivity index (χ0v) is 12.2. The number of aromatic carboxylic acids is 1. The number of hydrogen-bond acceptors (Lipinski definition) is 3. The molecular weight excluding hydrogens is 267 g/mol. The molecule has 0 radical (unpaired) electrons. The first-order valence-electron chi connectivity index (χ1n) is 2.61. The van der Waals surface area contributed by atoms with E-state index in [0.29, 0.717) is 0 Å². The van der Waals surface area contributed by atoms with E-state index in [2.05, 4.69) is 4.98 Å². The molecule has 0 aromatic carbocycles. The Hall–Kier alpha value is 0.472. The van der Waals surface area contributed by atoms with Crippen LogP contribution in [0.4, 0.5) is 0 Å². The van der Waals surface area contributed by atoms with Gasteiger partial charge in [0.25, 0.3) is 5.56 Å². The van der Waals surface area contributed by atoms with Crippen LogP contribution in [0.15, 0.2) is 23.1 Å². The van der Waals surface area contributed by atoms with Crippen LogP contribution < -0.4 is 79.6 Å². The van der Waals surface area contributed by atoms with Gasteiger partial charge in [-0.25, -0.2) is 0 Å². The first-order valence-corrected chi connectivity index (χ1v) is 2.61. The molecule has 0 saturated heterocycles. The predicted molar refractivity (Wildman–Crippen MR) is 31.4 cm³/mol. The summed E-state index contributed by atoms with van der Waals surface area (Å²) in [5.74, 6) is -1.46. The monoisotopic (exact) mass is 271 g/mol. The maximum Gasteiger partial charge on any atom is 1.00 e. The van der Waals surface area contributed by atoms with E-state index in [0.717, 1.165) is 0 Å². The van der Waals surface area contributed by atoms with E-state index in [1.807, 2.05) is 0 Å². The van der Waals surface area contributed by atoms with Crippen LogP contribution in [-0.4, -0.2) is 11.0 Å². The molecule has 0 aliphatic carbocycles. The van der Waals surface area contributed by atoms with Crippen molar-refractivity contribution in [3.05, 3.63) is 34.2 Å².